The Morgan fingerprint density at radius 2 is 1.83 bits per heavy atom. The summed E-state index contributed by atoms with van der Waals surface area (Å²) in [5.74, 6) is -0.490. The summed E-state index contributed by atoms with van der Waals surface area (Å²) >= 11 is 3.53. The third-order valence-corrected chi connectivity index (χ3v) is 3.58. The molecule has 0 fully saturated rings. The number of hydrogen-bond acceptors (Lipinski definition) is 0. The van der Waals surface area contributed by atoms with Gasteiger partial charge in [0.1, 0.15) is 11.6 Å². The van der Waals surface area contributed by atoms with E-state index in [4.69, 9.17) is 0 Å². The number of benzene rings is 2. The monoisotopic (exact) mass is 310 g/mol. The molecule has 94 valence electrons. The molecule has 2 rings (SSSR count). The van der Waals surface area contributed by atoms with Crippen LogP contribution in [0.15, 0.2) is 42.5 Å². The molecule has 0 radical (unpaired) electrons. The Balaban J connectivity index is 2.19. The molecule has 2 aromatic carbocycles. The average molecular weight is 311 g/mol. The second-order valence-corrected chi connectivity index (χ2v) is 5.47. The Hall–Kier alpha value is -1.22. The molecule has 0 amide bonds. The first-order valence-electron chi connectivity index (χ1n) is 5.70. The maximum Gasteiger partial charge on any atom is 0.123 e. The molecule has 0 saturated carbocycles. The predicted octanol–water partition coefficient (Wildman–Crippen LogP) is 4.95. The lowest BCUT2D eigenvalue weighted by Crippen LogP contribution is -1.97. The molecule has 0 aromatic heterocycles. The summed E-state index contributed by atoms with van der Waals surface area (Å²) in [5.41, 5.74) is 2.64. The highest BCUT2D eigenvalue weighted by molar-refractivity contribution is 9.09. The number of alkyl halides is 1. The second-order valence-electron chi connectivity index (χ2n) is 4.36. The van der Waals surface area contributed by atoms with Gasteiger partial charge in [0, 0.05) is 4.83 Å². The van der Waals surface area contributed by atoms with Crippen LogP contribution in [0.2, 0.25) is 0 Å². The fraction of sp³-hybridized carbons (Fsp3) is 0.200. The first kappa shape index (κ1) is 13.2. The van der Waals surface area contributed by atoms with E-state index < -0.39 is 0 Å². The molecule has 1 unspecified atom stereocenters. The Labute approximate surface area is 114 Å². The minimum atomic E-state index is -0.248. The molecule has 0 N–H and O–H groups in total. The van der Waals surface area contributed by atoms with Crippen LogP contribution in [0.5, 0.6) is 0 Å². The Kier molecular flexibility index (Phi) is 4.12. The van der Waals surface area contributed by atoms with Crippen LogP contribution in [-0.4, -0.2) is 0 Å². The molecule has 1 atom stereocenters. The van der Waals surface area contributed by atoms with E-state index in [1.165, 1.54) is 24.3 Å². The van der Waals surface area contributed by atoms with Crippen molar-refractivity contribution in [3.63, 3.8) is 0 Å². The summed E-state index contributed by atoms with van der Waals surface area (Å²) in [6.45, 7) is 1.86. The maximum atomic E-state index is 13.3. The number of hydrogen-bond donors (Lipinski definition) is 0. The van der Waals surface area contributed by atoms with Crippen LogP contribution >= 0.6 is 15.9 Å². The Morgan fingerprint density at radius 3 is 2.50 bits per heavy atom. The highest BCUT2D eigenvalue weighted by atomic mass is 79.9. The molecule has 0 saturated heterocycles. The van der Waals surface area contributed by atoms with Gasteiger partial charge in [-0.2, -0.15) is 0 Å². The van der Waals surface area contributed by atoms with Gasteiger partial charge in [0.15, 0.2) is 0 Å². The van der Waals surface area contributed by atoms with E-state index in [-0.39, 0.29) is 16.5 Å². The summed E-state index contributed by atoms with van der Waals surface area (Å²) in [4.78, 5) is -0.0197. The van der Waals surface area contributed by atoms with Crippen LogP contribution in [0.1, 0.15) is 21.5 Å². The zero-order valence-electron chi connectivity index (χ0n) is 9.96. The van der Waals surface area contributed by atoms with Crippen LogP contribution in [0.4, 0.5) is 8.78 Å². The highest BCUT2D eigenvalue weighted by Crippen LogP contribution is 2.28. The van der Waals surface area contributed by atoms with Crippen molar-refractivity contribution in [3.8, 4) is 0 Å². The van der Waals surface area contributed by atoms with Gasteiger partial charge in [0.2, 0.25) is 0 Å². The lowest BCUT2D eigenvalue weighted by molar-refractivity contribution is 0.621. The van der Waals surface area contributed by atoms with Gasteiger partial charge in [0.25, 0.3) is 0 Å². The number of halogens is 3. The summed E-state index contributed by atoms with van der Waals surface area (Å²) in [7, 11) is 0. The van der Waals surface area contributed by atoms with Gasteiger partial charge in [0.05, 0.1) is 0 Å². The number of aryl methyl sites for hydroxylation is 1. The third-order valence-electron chi connectivity index (χ3n) is 2.73. The van der Waals surface area contributed by atoms with E-state index in [1.54, 1.807) is 6.07 Å². The van der Waals surface area contributed by atoms with Crippen LogP contribution in [-0.2, 0) is 6.42 Å². The van der Waals surface area contributed by atoms with E-state index in [1.807, 2.05) is 19.1 Å². The van der Waals surface area contributed by atoms with E-state index >= 15 is 0 Å². The van der Waals surface area contributed by atoms with E-state index in [2.05, 4.69) is 15.9 Å². The lowest BCUT2D eigenvalue weighted by atomic mass is 10.0. The van der Waals surface area contributed by atoms with Crippen LogP contribution in [0.25, 0.3) is 0 Å². The van der Waals surface area contributed by atoms with Gasteiger partial charge in [-0.25, -0.2) is 8.78 Å². The molecule has 0 aliphatic rings. The molecule has 0 aliphatic heterocycles. The van der Waals surface area contributed by atoms with Crippen molar-refractivity contribution in [2.45, 2.75) is 18.2 Å². The molecule has 2 aromatic rings. The van der Waals surface area contributed by atoms with Crippen molar-refractivity contribution in [3.05, 3.63) is 70.8 Å². The van der Waals surface area contributed by atoms with E-state index in [9.17, 15) is 8.78 Å². The predicted molar refractivity (Wildman–Crippen MR) is 72.9 cm³/mol. The van der Waals surface area contributed by atoms with Gasteiger partial charge < -0.3 is 0 Å². The first-order valence-corrected chi connectivity index (χ1v) is 6.62. The molecule has 18 heavy (non-hydrogen) atoms. The summed E-state index contributed by atoms with van der Waals surface area (Å²) in [5, 5.41) is 0. The molecule has 3 heteroatoms. The summed E-state index contributed by atoms with van der Waals surface area (Å²) < 4.78 is 26.4. The van der Waals surface area contributed by atoms with E-state index in [0.717, 1.165) is 16.7 Å². The van der Waals surface area contributed by atoms with E-state index in [0.29, 0.717) is 6.42 Å². The Bertz CT molecular complexity index is 532. The second kappa shape index (κ2) is 5.61. The highest BCUT2D eigenvalue weighted by Gasteiger charge is 2.10. The van der Waals surface area contributed by atoms with Gasteiger partial charge in [-0.1, -0.05) is 34.1 Å². The molecule has 0 spiro atoms. The fourth-order valence-electron chi connectivity index (χ4n) is 1.93. The van der Waals surface area contributed by atoms with Crippen molar-refractivity contribution >= 4 is 15.9 Å². The zero-order chi connectivity index (χ0) is 13.1. The molecular weight excluding hydrogens is 298 g/mol. The normalized spacial score (nSPS) is 12.4. The third kappa shape index (κ3) is 3.39. The lowest BCUT2D eigenvalue weighted by Gasteiger charge is -2.11. The van der Waals surface area contributed by atoms with Gasteiger partial charge >= 0.3 is 0 Å². The first-order chi connectivity index (χ1) is 8.54. The SMILES string of the molecule is Cc1cc(F)cc(C(Br)Cc2cccc(F)c2)c1. The molecule has 0 heterocycles. The van der Waals surface area contributed by atoms with Gasteiger partial charge in [-0.15, -0.1) is 0 Å². The maximum absolute atomic E-state index is 13.3. The van der Waals surface area contributed by atoms with Crippen molar-refractivity contribution in [1.82, 2.24) is 0 Å². The summed E-state index contributed by atoms with van der Waals surface area (Å²) in [6, 6.07) is 11.4. The van der Waals surface area contributed by atoms with Gasteiger partial charge in [-0.05, 0) is 54.3 Å². The van der Waals surface area contributed by atoms with Crippen molar-refractivity contribution in [2.75, 3.05) is 0 Å². The number of rotatable bonds is 3. The molecule has 0 aliphatic carbocycles. The topological polar surface area (TPSA) is 0 Å². The standard InChI is InChI=1S/C15H13BrF2/c1-10-5-12(9-14(18)6-10)15(16)8-11-3-2-4-13(17)7-11/h2-7,9,15H,8H2,1H3. The molecule has 0 nitrogen and oxygen atoms in total. The quantitative estimate of drug-likeness (QED) is 0.703. The molecular formula is C15H13BrF2. The van der Waals surface area contributed by atoms with Gasteiger partial charge in [-0.3, -0.25) is 0 Å². The minimum absolute atomic E-state index is 0.0197. The van der Waals surface area contributed by atoms with Crippen molar-refractivity contribution in [2.24, 2.45) is 0 Å². The van der Waals surface area contributed by atoms with Crippen molar-refractivity contribution in [1.29, 1.82) is 0 Å². The largest absolute Gasteiger partial charge is 0.207 e. The van der Waals surface area contributed by atoms with Crippen LogP contribution < -0.4 is 0 Å². The summed E-state index contributed by atoms with van der Waals surface area (Å²) in [6.07, 6.45) is 0.626. The zero-order valence-corrected chi connectivity index (χ0v) is 11.5. The van der Waals surface area contributed by atoms with Crippen LogP contribution in [0, 0.1) is 18.6 Å². The Morgan fingerprint density at radius 1 is 1.06 bits per heavy atom. The fourth-order valence-corrected chi connectivity index (χ4v) is 2.57. The minimum Gasteiger partial charge on any atom is -0.207 e. The smallest absolute Gasteiger partial charge is 0.123 e. The average Bonchev–Trinajstić information content (AvgIpc) is 2.27. The van der Waals surface area contributed by atoms with Crippen molar-refractivity contribution < 1.29 is 8.78 Å². The molecule has 0 bridgehead atoms. The van der Waals surface area contributed by atoms with Crippen LogP contribution in [0.3, 0.4) is 0 Å².